The van der Waals surface area contributed by atoms with Crippen LogP contribution in [0.3, 0.4) is 0 Å². The van der Waals surface area contributed by atoms with Crippen LogP contribution in [-0.4, -0.2) is 0 Å². The summed E-state index contributed by atoms with van der Waals surface area (Å²) in [4.78, 5) is 0. The maximum absolute atomic E-state index is 6.18. The molecule has 0 spiro atoms. The fourth-order valence-corrected chi connectivity index (χ4v) is 7.07. The Morgan fingerprint density at radius 2 is 0.683 bits per heavy atom. The van der Waals surface area contributed by atoms with Gasteiger partial charge in [-0.3, -0.25) is 0 Å². The van der Waals surface area contributed by atoms with Crippen LogP contribution in [0.1, 0.15) is 0 Å². The lowest BCUT2D eigenvalue weighted by atomic mass is 9.90. The summed E-state index contributed by atoms with van der Waals surface area (Å²) in [6.07, 6.45) is 0. The fourth-order valence-electron chi connectivity index (χ4n) is 7.07. The fraction of sp³-hybridized carbons (Fsp3) is 0. The van der Waals surface area contributed by atoms with Crippen molar-refractivity contribution in [3.05, 3.63) is 140 Å². The van der Waals surface area contributed by atoms with Gasteiger partial charge in [-0.05, 0) is 99.0 Å². The average molecular weight is 520 g/mol. The molecular formula is C40H25N. The zero-order valence-electron chi connectivity index (χ0n) is 22.4. The summed E-state index contributed by atoms with van der Waals surface area (Å²) in [5, 5.41) is 21.0. The van der Waals surface area contributed by atoms with E-state index in [1.807, 2.05) is 6.07 Å². The van der Waals surface area contributed by atoms with Crippen molar-refractivity contribution in [3.63, 3.8) is 0 Å². The van der Waals surface area contributed by atoms with Crippen LogP contribution in [0.2, 0.25) is 0 Å². The molecule has 0 radical (unpaired) electrons. The Morgan fingerprint density at radius 1 is 0.268 bits per heavy atom. The van der Waals surface area contributed by atoms with Gasteiger partial charge in [0.2, 0.25) is 0 Å². The third kappa shape index (κ3) is 3.18. The third-order valence-corrected chi connectivity index (χ3v) is 8.91. The van der Waals surface area contributed by atoms with Crippen molar-refractivity contribution < 1.29 is 0 Å². The highest BCUT2D eigenvalue weighted by molar-refractivity contribution is 6.31. The monoisotopic (exact) mass is 519 g/mol. The maximum Gasteiger partial charge on any atom is 0.0394 e. The van der Waals surface area contributed by atoms with Crippen LogP contribution in [0, 0.1) is 0 Å². The van der Waals surface area contributed by atoms with Crippen molar-refractivity contribution in [2.24, 2.45) is 0 Å². The number of nitrogens with two attached hydrogens (primary N) is 1. The molecule has 41 heavy (non-hydrogen) atoms. The first-order valence-electron chi connectivity index (χ1n) is 14.1. The molecule has 0 saturated heterocycles. The van der Waals surface area contributed by atoms with E-state index >= 15 is 0 Å². The molecule has 1 nitrogen and oxygen atoms in total. The molecule has 0 atom stereocenters. The second-order valence-corrected chi connectivity index (χ2v) is 11.1. The predicted molar refractivity (Wildman–Crippen MR) is 180 cm³/mol. The van der Waals surface area contributed by atoms with E-state index in [1.165, 1.54) is 80.8 Å². The van der Waals surface area contributed by atoms with Crippen molar-refractivity contribution in [2.45, 2.75) is 0 Å². The van der Waals surface area contributed by atoms with E-state index < -0.39 is 0 Å². The van der Waals surface area contributed by atoms with Gasteiger partial charge >= 0.3 is 0 Å². The van der Waals surface area contributed by atoms with Gasteiger partial charge in [0.15, 0.2) is 0 Å². The number of nitrogen functional groups attached to an aromatic ring is 1. The van der Waals surface area contributed by atoms with Gasteiger partial charge in [0.05, 0.1) is 0 Å². The quantitative estimate of drug-likeness (QED) is 0.120. The molecule has 1 heteroatoms. The van der Waals surface area contributed by atoms with Crippen molar-refractivity contribution >= 4 is 91.9 Å². The minimum Gasteiger partial charge on any atom is -0.398 e. The molecule has 10 aromatic rings. The number of hydrogen-bond acceptors (Lipinski definition) is 1. The van der Waals surface area contributed by atoms with Crippen LogP contribution in [0.25, 0.3) is 86.2 Å². The number of anilines is 1. The van der Waals surface area contributed by atoms with Gasteiger partial charge < -0.3 is 5.73 Å². The largest absolute Gasteiger partial charge is 0.398 e. The first-order valence-corrected chi connectivity index (χ1v) is 14.1. The van der Waals surface area contributed by atoms with Crippen LogP contribution in [0.4, 0.5) is 5.69 Å². The Balaban J connectivity index is 0.000000117. The molecule has 0 heterocycles. The van der Waals surface area contributed by atoms with Gasteiger partial charge in [0, 0.05) is 11.1 Å². The van der Waals surface area contributed by atoms with Crippen LogP contribution in [0.15, 0.2) is 140 Å². The van der Waals surface area contributed by atoms with Gasteiger partial charge in [-0.15, -0.1) is 0 Å². The standard InChI is InChI=1S/C20H13N.C20H12/c21-18-10-7-12-5-6-14-11-13-3-1-2-4-15(13)16-8-9-17(18)19(12)20(14)16;1-2-7-17-15(4-1)12-16-9-8-13-5-3-6-14-10-11-18(17)20(16)19(13)14/h1-11H,21H2;1-12H. The topological polar surface area (TPSA) is 26.0 Å². The van der Waals surface area contributed by atoms with E-state index in [0.717, 1.165) is 11.1 Å². The lowest BCUT2D eigenvalue weighted by molar-refractivity contribution is 1.77. The third-order valence-electron chi connectivity index (χ3n) is 8.91. The van der Waals surface area contributed by atoms with Gasteiger partial charge in [0.25, 0.3) is 0 Å². The minimum absolute atomic E-state index is 0.852. The summed E-state index contributed by atoms with van der Waals surface area (Å²) in [6, 6.07) is 50.3. The summed E-state index contributed by atoms with van der Waals surface area (Å²) in [7, 11) is 0. The molecule has 10 aromatic carbocycles. The van der Waals surface area contributed by atoms with Crippen molar-refractivity contribution in [2.75, 3.05) is 5.73 Å². The Morgan fingerprint density at radius 3 is 1.34 bits per heavy atom. The Hall–Kier alpha value is -5.40. The van der Waals surface area contributed by atoms with Crippen molar-refractivity contribution in [1.82, 2.24) is 0 Å². The second-order valence-electron chi connectivity index (χ2n) is 11.1. The molecule has 0 aliphatic heterocycles. The maximum atomic E-state index is 6.18. The number of rotatable bonds is 0. The van der Waals surface area contributed by atoms with Crippen LogP contribution in [-0.2, 0) is 0 Å². The zero-order chi connectivity index (χ0) is 27.1. The molecule has 0 fully saturated rings. The minimum atomic E-state index is 0.852. The normalized spacial score (nSPS) is 12.0. The summed E-state index contributed by atoms with van der Waals surface area (Å²) < 4.78 is 0. The highest BCUT2D eigenvalue weighted by Crippen LogP contribution is 2.40. The van der Waals surface area contributed by atoms with Crippen LogP contribution in [0.5, 0.6) is 0 Å². The Labute approximate surface area is 236 Å². The molecule has 0 saturated carbocycles. The molecule has 0 unspecified atom stereocenters. The van der Waals surface area contributed by atoms with Crippen molar-refractivity contribution in [1.29, 1.82) is 0 Å². The van der Waals surface area contributed by atoms with Crippen molar-refractivity contribution in [3.8, 4) is 0 Å². The van der Waals surface area contributed by atoms with Gasteiger partial charge in [-0.2, -0.15) is 0 Å². The molecule has 10 rings (SSSR count). The summed E-state index contributed by atoms with van der Waals surface area (Å²) in [5.74, 6) is 0. The molecule has 2 N–H and O–H groups in total. The van der Waals surface area contributed by atoms with E-state index in [4.69, 9.17) is 5.73 Å². The molecule has 0 aromatic heterocycles. The number of fused-ring (bicyclic) bond motifs is 4. The Bertz CT molecular complexity index is 2570. The molecule has 0 amide bonds. The first kappa shape index (κ1) is 22.4. The highest BCUT2D eigenvalue weighted by atomic mass is 14.5. The lowest BCUT2D eigenvalue weighted by Crippen LogP contribution is -1.90. The Kier molecular flexibility index (Phi) is 4.54. The van der Waals surface area contributed by atoms with E-state index in [2.05, 4.69) is 133 Å². The SMILES string of the molecule is Nc1ccc2ccc3cc4ccccc4c4ccc1c2c34.c1ccc2c(c1)cc1ccc3cccc4ccc2c1c34. The smallest absolute Gasteiger partial charge is 0.0394 e. The van der Waals surface area contributed by atoms with E-state index in [-0.39, 0.29) is 0 Å². The van der Waals surface area contributed by atoms with E-state index in [0.29, 0.717) is 0 Å². The lowest BCUT2D eigenvalue weighted by Gasteiger charge is -2.14. The van der Waals surface area contributed by atoms with Gasteiger partial charge in [-0.1, -0.05) is 121 Å². The number of benzene rings is 10. The second kappa shape index (κ2) is 8.30. The average Bonchev–Trinajstić information content (AvgIpc) is 3.03. The van der Waals surface area contributed by atoms with Gasteiger partial charge in [0.1, 0.15) is 0 Å². The summed E-state index contributed by atoms with van der Waals surface area (Å²) >= 11 is 0. The van der Waals surface area contributed by atoms with Crippen LogP contribution >= 0.6 is 0 Å². The number of hydrogen-bond donors (Lipinski definition) is 1. The van der Waals surface area contributed by atoms with Crippen LogP contribution < -0.4 is 5.73 Å². The zero-order valence-corrected chi connectivity index (χ0v) is 22.4. The summed E-state index contributed by atoms with van der Waals surface area (Å²) in [5.41, 5.74) is 7.03. The highest BCUT2D eigenvalue weighted by Gasteiger charge is 2.12. The van der Waals surface area contributed by atoms with E-state index in [1.54, 1.807) is 0 Å². The summed E-state index contributed by atoms with van der Waals surface area (Å²) in [6.45, 7) is 0. The molecule has 0 aliphatic rings. The predicted octanol–water partition coefficient (Wildman–Crippen LogP) is 11.1. The van der Waals surface area contributed by atoms with E-state index in [9.17, 15) is 0 Å². The molecule has 190 valence electrons. The van der Waals surface area contributed by atoms with Gasteiger partial charge in [-0.25, -0.2) is 0 Å². The first-order chi connectivity index (χ1) is 20.2. The molecule has 0 aliphatic carbocycles. The molecular weight excluding hydrogens is 494 g/mol. The molecule has 0 bridgehead atoms.